The van der Waals surface area contributed by atoms with Gasteiger partial charge in [0, 0.05) is 24.7 Å². The number of ether oxygens (including phenoxy) is 1. The number of hydrogen-bond donors (Lipinski definition) is 2. The third kappa shape index (κ3) is 9.70. The fourth-order valence-electron chi connectivity index (χ4n) is 4.36. The largest absolute Gasteiger partial charge is 0.469 e. The van der Waals surface area contributed by atoms with Gasteiger partial charge in [-0.1, -0.05) is 45.4 Å². The van der Waals surface area contributed by atoms with Crippen molar-refractivity contribution in [3.05, 3.63) is 0 Å². The molecule has 0 aliphatic heterocycles. The summed E-state index contributed by atoms with van der Waals surface area (Å²) in [6.45, 7) is 2.12. The van der Waals surface area contributed by atoms with Crippen LogP contribution in [0.5, 0.6) is 0 Å². The summed E-state index contributed by atoms with van der Waals surface area (Å²) in [5.74, 6) is 0.898. The van der Waals surface area contributed by atoms with Gasteiger partial charge < -0.3 is 14.9 Å². The first-order chi connectivity index (χ1) is 13.0. The Labute approximate surface area is 164 Å². The fraction of sp³-hybridized carbons (Fsp3) is 0.909. The van der Waals surface area contributed by atoms with Gasteiger partial charge in [-0.2, -0.15) is 0 Å². The topological polar surface area (TPSA) is 83.8 Å². The Hall–Kier alpha value is -0.940. The van der Waals surface area contributed by atoms with Crippen LogP contribution >= 0.6 is 0 Å². The normalized spacial score (nSPS) is 21.0. The highest BCUT2D eigenvalue weighted by atomic mass is 16.5. The number of esters is 1. The SMILES string of the molecule is CCCCC(CCC[C@H]1CCC(=O)[C@@H]1CCCCCCC(=O)OC)C(O)O. The molecule has 0 aromatic heterocycles. The summed E-state index contributed by atoms with van der Waals surface area (Å²) in [7, 11) is 1.42. The van der Waals surface area contributed by atoms with E-state index < -0.39 is 6.29 Å². The maximum atomic E-state index is 12.2. The van der Waals surface area contributed by atoms with Crippen molar-refractivity contribution in [1.82, 2.24) is 0 Å². The van der Waals surface area contributed by atoms with Gasteiger partial charge in [-0.3, -0.25) is 9.59 Å². The Kier molecular flexibility index (Phi) is 12.6. The number of aliphatic hydroxyl groups excluding tert-OH is 1. The fourth-order valence-corrected chi connectivity index (χ4v) is 4.36. The van der Waals surface area contributed by atoms with Gasteiger partial charge in [0.15, 0.2) is 6.29 Å². The third-order valence-electron chi connectivity index (χ3n) is 6.12. The summed E-state index contributed by atoms with van der Waals surface area (Å²) in [4.78, 5) is 23.3. The maximum absolute atomic E-state index is 12.2. The highest BCUT2D eigenvalue weighted by Gasteiger charge is 2.33. The Bertz CT molecular complexity index is 421. The van der Waals surface area contributed by atoms with Crippen LogP contribution in [-0.4, -0.2) is 35.4 Å². The summed E-state index contributed by atoms with van der Waals surface area (Å²) in [6.07, 6.45) is 11.7. The Morgan fingerprint density at radius 2 is 1.78 bits per heavy atom. The molecule has 0 aromatic carbocycles. The van der Waals surface area contributed by atoms with Crippen LogP contribution in [0.3, 0.4) is 0 Å². The number of methoxy groups -OCH3 is 1. The molecule has 2 N–H and O–H groups in total. The average molecular weight is 385 g/mol. The van der Waals surface area contributed by atoms with Gasteiger partial charge in [0.05, 0.1) is 7.11 Å². The summed E-state index contributed by atoms with van der Waals surface area (Å²) < 4.78 is 4.64. The molecule has 1 unspecified atom stereocenters. The van der Waals surface area contributed by atoms with Gasteiger partial charge in [-0.25, -0.2) is 0 Å². The number of carbonyl (C=O) groups excluding carboxylic acids is 2. The minimum atomic E-state index is -1.22. The van der Waals surface area contributed by atoms with Crippen LogP contribution in [0.25, 0.3) is 0 Å². The van der Waals surface area contributed by atoms with Gasteiger partial charge in [0.1, 0.15) is 5.78 Å². The number of aliphatic hydroxyl groups is 2. The zero-order chi connectivity index (χ0) is 20.1. The van der Waals surface area contributed by atoms with Crippen molar-refractivity contribution in [2.75, 3.05) is 7.11 Å². The van der Waals surface area contributed by atoms with E-state index >= 15 is 0 Å². The molecule has 0 heterocycles. The quantitative estimate of drug-likeness (QED) is 0.249. The molecule has 5 heteroatoms. The molecule has 158 valence electrons. The Morgan fingerprint density at radius 3 is 2.44 bits per heavy atom. The molecule has 0 aromatic rings. The van der Waals surface area contributed by atoms with E-state index in [1.165, 1.54) is 7.11 Å². The first-order valence-electron chi connectivity index (χ1n) is 10.9. The standard InChI is InChI=1S/C22H40O5/c1-3-4-10-18(22(25)26)12-9-11-17-15-16-20(23)19(17)13-7-5-6-8-14-21(24)27-2/h17-19,22,25-26H,3-16H2,1-2H3/t17-,18?,19+/m0/s1. The first-order valence-corrected chi connectivity index (χ1v) is 10.9. The molecule has 1 rings (SSSR count). The van der Waals surface area contributed by atoms with Crippen molar-refractivity contribution < 1.29 is 24.5 Å². The Balaban J connectivity index is 2.25. The molecule has 27 heavy (non-hydrogen) atoms. The van der Waals surface area contributed by atoms with E-state index in [0.29, 0.717) is 24.5 Å². The predicted molar refractivity (Wildman–Crippen MR) is 106 cm³/mol. The monoisotopic (exact) mass is 384 g/mol. The predicted octanol–water partition coefficient (Wildman–Crippen LogP) is 4.38. The van der Waals surface area contributed by atoms with Crippen LogP contribution in [0.1, 0.15) is 96.8 Å². The Morgan fingerprint density at radius 1 is 1.07 bits per heavy atom. The van der Waals surface area contributed by atoms with E-state index in [1.54, 1.807) is 0 Å². The highest BCUT2D eigenvalue weighted by Crippen LogP contribution is 2.36. The van der Waals surface area contributed by atoms with E-state index in [2.05, 4.69) is 11.7 Å². The van der Waals surface area contributed by atoms with Crippen molar-refractivity contribution in [1.29, 1.82) is 0 Å². The molecule has 1 aliphatic rings. The number of rotatable bonds is 15. The molecular formula is C22H40O5. The molecule has 0 amide bonds. The lowest BCUT2D eigenvalue weighted by atomic mass is 9.85. The van der Waals surface area contributed by atoms with Crippen LogP contribution in [-0.2, 0) is 14.3 Å². The van der Waals surface area contributed by atoms with Crippen LogP contribution in [0, 0.1) is 17.8 Å². The molecule has 1 fully saturated rings. The average Bonchev–Trinajstić information content (AvgIpc) is 3.00. The van der Waals surface area contributed by atoms with Crippen molar-refractivity contribution in [2.45, 2.75) is 103 Å². The lowest BCUT2D eigenvalue weighted by Gasteiger charge is -2.21. The zero-order valence-corrected chi connectivity index (χ0v) is 17.3. The molecule has 0 bridgehead atoms. The van der Waals surface area contributed by atoms with Crippen molar-refractivity contribution in [3.63, 3.8) is 0 Å². The van der Waals surface area contributed by atoms with Crippen LogP contribution in [0.2, 0.25) is 0 Å². The second kappa shape index (κ2) is 14.1. The second-order valence-corrected chi connectivity index (χ2v) is 8.15. The minimum absolute atomic E-state index is 0.0321. The van der Waals surface area contributed by atoms with Gasteiger partial charge >= 0.3 is 5.97 Å². The molecule has 0 spiro atoms. The number of ketones is 1. The second-order valence-electron chi connectivity index (χ2n) is 8.15. The molecular weight excluding hydrogens is 344 g/mol. The van der Waals surface area contributed by atoms with Gasteiger partial charge in [-0.05, 0) is 44.4 Å². The summed E-state index contributed by atoms with van der Waals surface area (Å²) in [5, 5.41) is 19.1. The highest BCUT2D eigenvalue weighted by molar-refractivity contribution is 5.83. The first kappa shape index (κ1) is 24.1. The number of carbonyl (C=O) groups is 2. The maximum Gasteiger partial charge on any atom is 0.305 e. The molecule has 3 atom stereocenters. The van der Waals surface area contributed by atoms with Crippen molar-refractivity contribution >= 4 is 11.8 Å². The van der Waals surface area contributed by atoms with Crippen molar-refractivity contribution in [2.24, 2.45) is 17.8 Å². The minimum Gasteiger partial charge on any atom is -0.469 e. The van der Waals surface area contributed by atoms with Gasteiger partial charge in [0.2, 0.25) is 0 Å². The van der Waals surface area contributed by atoms with E-state index in [0.717, 1.165) is 77.0 Å². The van der Waals surface area contributed by atoms with Gasteiger partial charge in [0.25, 0.3) is 0 Å². The van der Waals surface area contributed by atoms with E-state index in [-0.39, 0.29) is 17.8 Å². The smallest absolute Gasteiger partial charge is 0.305 e. The van der Waals surface area contributed by atoms with E-state index in [4.69, 9.17) is 0 Å². The zero-order valence-electron chi connectivity index (χ0n) is 17.3. The molecule has 1 aliphatic carbocycles. The number of hydrogen-bond acceptors (Lipinski definition) is 5. The van der Waals surface area contributed by atoms with Crippen LogP contribution in [0.4, 0.5) is 0 Å². The molecule has 0 radical (unpaired) electrons. The van der Waals surface area contributed by atoms with E-state index in [1.807, 2.05) is 0 Å². The molecule has 5 nitrogen and oxygen atoms in total. The number of Topliss-reactive ketones (excluding diaryl/α,β-unsaturated/α-hetero) is 1. The van der Waals surface area contributed by atoms with Crippen molar-refractivity contribution in [3.8, 4) is 0 Å². The molecule has 1 saturated carbocycles. The van der Waals surface area contributed by atoms with Gasteiger partial charge in [-0.15, -0.1) is 0 Å². The van der Waals surface area contributed by atoms with E-state index in [9.17, 15) is 19.8 Å². The molecule has 0 saturated heterocycles. The summed E-state index contributed by atoms with van der Waals surface area (Å²) >= 11 is 0. The van der Waals surface area contributed by atoms with Crippen LogP contribution < -0.4 is 0 Å². The summed E-state index contributed by atoms with van der Waals surface area (Å²) in [5.41, 5.74) is 0. The summed E-state index contributed by atoms with van der Waals surface area (Å²) in [6, 6.07) is 0. The number of unbranched alkanes of at least 4 members (excludes halogenated alkanes) is 4. The van der Waals surface area contributed by atoms with Crippen LogP contribution in [0.15, 0.2) is 0 Å². The lowest BCUT2D eigenvalue weighted by Crippen LogP contribution is -2.20. The third-order valence-corrected chi connectivity index (χ3v) is 6.12. The lowest BCUT2D eigenvalue weighted by molar-refractivity contribution is -0.140.